The van der Waals surface area contributed by atoms with Crippen LogP contribution in [0, 0.1) is 5.82 Å². The van der Waals surface area contributed by atoms with Gasteiger partial charge in [0.25, 0.3) is 0 Å². The van der Waals surface area contributed by atoms with E-state index in [-0.39, 0.29) is 22.2 Å². The smallest absolute Gasteiger partial charge is 0.156 e. The van der Waals surface area contributed by atoms with Crippen LogP contribution in [0.3, 0.4) is 0 Å². The van der Waals surface area contributed by atoms with E-state index in [1.54, 1.807) is 12.1 Å². The predicted molar refractivity (Wildman–Crippen MR) is 58.5 cm³/mol. The minimum Gasteiger partial charge on any atom is -0.314 e. The lowest BCUT2D eigenvalue weighted by Gasteiger charge is -2.43. The van der Waals surface area contributed by atoms with Crippen LogP contribution >= 0.6 is 0 Å². The Labute approximate surface area is 93.6 Å². The molecule has 86 valence electrons. The molecule has 1 N–H and O–H groups in total. The number of hydrogen-bond acceptors (Lipinski definition) is 3. The van der Waals surface area contributed by atoms with Crippen LogP contribution in [0.2, 0.25) is 0 Å². The van der Waals surface area contributed by atoms with Crippen molar-refractivity contribution < 1.29 is 12.8 Å². The van der Waals surface area contributed by atoms with E-state index in [4.69, 9.17) is 0 Å². The summed E-state index contributed by atoms with van der Waals surface area (Å²) in [7, 11) is -2.93. The summed E-state index contributed by atoms with van der Waals surface area (Å²) in [6.45, 7) is 1.18. The normalized spacial score (nSPS) is 35.4. The zero-order valence-electron chi connectivity index (χ0n) is 8.61. The molecular formula is C11H12FNO2S. The van der Waals surface area contributed by atoms with Crippen molar-refractivity contribution in [3.8, 4) is 0 Å². The van der Waals surface area contributed by atoms with Crippen molar-refractivity contribution in [1.82, 2.24) is 5.32 Å². The van der Waals surface area contributed by atoms with Crippen molar-refractivity contribution in [3.05, 3.63) is 35.6 Å². The predicted octanol–water partition coefficient (Wildman–Crippen LogP) is 0.464. The summed E-state index contributed by atoms with van der Waals surface area (Å²) >= 11 is 0. The Morgan fingerprint density at radius 3 is 2.62 bits per heavy atom. The van der Waals surface area contributed by atoms with E-state index in [1.807, 2.05) is 0 Å². The summed E-state index contributed by atoms with van der Waals surface area (Å²) in [6, 6.07) is 6.18. The molecule has 0 radical (unpaired) electrons. The second kappa shape index (κ2) is 3.05. The van der Waals surface area contributed by atoms with Gasteiger partial charge in [0.15, 0.2) is 9.84 Å². The number of benzene rings is 1. The molecule has 0 unspecified atom stereocenters. The maximum absolute atomic E-state index is 12.8. The standard InChI is InChI=1S/C11H12FNO2S/c12-9-3-1-8(2-4-9)11-6-13-5-10(11)16(14,15)7-11/h1-4,10,13H,5-7H2/t10-,11-/m0/s1. The summed E-state index contributed by atoms with van der Waals surface area (Å²) in [4.78, 5) is 0. The number of hydrogen-bond donors (Lipinski definition) is 1. The zero-order chi connectivity index (χ0) is 11.4. The van der Waals surface area contributed by atoms with Gasteiger partial charge in [-0.2, -0.15) is 0 Å². The van der Waals surface area contributed by atoms with Gasteiger partial charge in [-0.3, -0.25) is 0 Å². The van der Waals surface area contributed by atoms with E-state index in [9.17, 15) is 12.8 Å². The first kappa shape index (κ1) is 10.2. The van der Waals surface area contributed by atoms with Crippen molar-refractivity contribution in [3.63, 3.8) is 0 Å². The molecule has 16 heavy (non-hydrogen) atoms. The van der Waals surface area contributed by atoms with Gasteiger partial charge in [-0.05, 0) is 17.7 Å². The van der Waals surface area contributed by atoms with Crippen molar-refractivity contribution >= 4 is 9.84 Å². The van der Waals surface area contributed by atoms with Gasteiger partial charge in [0.2, 0.25) is 0 Å². The average Bonchev–Trinajstić information content (AvgIpc) is 2.59. The SMILES string of the molecule is O=S1(=O)C[C@]2(c3ccc(F)cc3)CNC[C@@H]21. The molecule has 2 aliphatic heterocycles. The molecule has 0 aromatic heterocycles. The molecule has 2 saturated heterocycles. The molecule has 3 nitrogen and oxygen atoms in total. The van der Waals surface area contributed by atoms with E-state index >= 15 is 0 Å². The highest BCUT2D eigenvalue weighted by atomic mass is 32.2. The summed E-state index contributed by atoms with van der Waals surface area (Å²) in [5.41, 5.74) is 0.616. The lowest BCUT2D eigenvalue weighted by atomic mass is 9.80. The highest BCUT2D eigenvalue weighted by Gasteiger charge is 2.61. The van der Waals surface area contributed by atoms with Gasteiger partial charge in [-0.1, -0.05) is 12.1 Å². The Kier molecular flexibility index (Phi) is 1.95. The Balaban J connectivity index is 2.04. The van der Waals surface area contributed by atoms with Crippen molar-refractivity contribution in [2.24, 2.45) is 0 Å². The highest BCUT2D eigenvalue weighted by molar-refractivity contribution is 7.93. The second-order valence-electron chi connectivity index (χ2n) is 4.59. The molecule has 1 aromatic carbocycles. The Morgan fingerprint density at radius 2 is 2.00 bits per heavy atom. The third-order valence-corrected chi connectivity index (χ3v) is 6.10. The molecule has 3 rings (SSSR count). The van der Waals surface area contributed by atoms with Crippen LogP contribution in [0.25, 0.3) is 0 Å². The third kappa shape index (κ3) is 1.18. The molecule has 2 aliphatic rings. The first-order valence-electron chi connectivity index (χ1n) is 5.23. The molecule has 2 heterocycles. The van der Waals surface area contributed by atoms with Gasteiger partial charge < -0.3 is 5.32 Å². The van der Waals surface area contributed by atoms with Crippen LogP contribution in [0.4, 0.5) is 4.39 Å². The molecule has 5 heteroatoms. The molecule has 2 atom stereocenters. The van der Waals surface area contributed by atoms with E-state index in [2.05, 4.69) is 5.32 Å². The third-order valence-electron chi connectivity index (χ3n) is 3.70. The Bertz CT molecular complexity index is 525. The van der Waals surface area contributed by atoms with Gasteiger partial charge >= 0.3 is 0 Å². The van der Waals surface area contributed by atoms with Crippen LogP contribution in [-0.2, 0) is 15.3 Å². The van der Waals surface area contributed by atoms with Gasteiger partial charge in [0.1, 0.15) is 5.82 Å². The number of halogens is 1. The first-order valence-corrected chi connectivity index (χ1v) is 6.94. The summed E-state index contributed by atoms with van der Waals surface area (Å²) < 4.78 is 36.1. The van der Waals surface area contributed by atoms with Gasteiger partial charge in [-0.25, -0.2) is 12.8 Å². The lowest BCUT2D eigenvalue weighted by molar-refractivity contribution is 0.443. The molecule has 0 bridgehead atoms. The maximum Gasteiger partial charge on any atom is 0.156 e. The van der Waals surface area contributed by atoms with Gasteiger partial charge in [-0.15, -0.1) is 0 Å². The largest absolute Gasteiger partial charge is 0.314 e. The monoisotopic (exact) mass is 241 g/mol. The zero-order valence-corrected chi connectivity index (χ0v) is 9.43. The molecular weight excluding hydrogens is 229 g/mol. The fourth-order valence-corrected chi connectivity index (χ4v) is 5.32. The second-order valence-corrected chi connectivity index (χ2v) is 6.77. The van der Waals surface area contributed by atoms with E-state index < -0.39 is 9.84 Å². The molecule has 2 fully saturated rings. The quantitative estimate of drug-likeness (QED) is 0.777. The number of sulfone groups is 1. The van der Waals surface area contributed by atoms with Crippen LogP contribution in [-0.4, -0.2) is 32.5 Å². The topological polar surface area (TPSA) is 46.2 Å². The fraction of sp³-hybridized carbons (Fsp3) is 0.455. The Morgan fingerprint density at radius 1 is 1.31 bits per heavy atom. The highest BCUT2D eigenvalue weighted by Crippen LogP contribution is 2.45. The van der Waals surface area contributed by atoms with Crippen molar-refractivity contribution in [2.45, 2.75) is 10.7 Å². The molecule has 0 saturated carbocycles. The number of fused-ring (bicyclic) bond motifs is 1. The minimum atomic E-state index is -2.93. The maximum atomic E-state index is 12.8. The summed E-state index contributed by atoms with van der Waals surface area (Å²) in [5.74, 6) is -0.103. The van der Waals surface area contributed by atoms with Gasteiger partial charge in [0, 0.05) is 18.5 Å². The van der Waals surface area contributed by atoms with Crippen LogP contribution in [0.15, 0.2) is 24.3 Å². The van der Waals surface area contributed by atoms with Crippen LogP contribution in [0.1, 0.15) is 5.56 Å². The minimum absolute atomic E-state index is 0.184. The van der Waals surface area contributed by atoms with E-state index in [0.717, 1.165) is 5.56 Å². The first-order chi connectivity index (χ1) is 7.55. The number of nitrogens with one attached hydrogen (secondary N) is 1. The van der Waals surface area contributed by atoms with Crippen LogP contribution < -0.4 is 5.32 Å². The van der Waals surface area contributed by atoms with E-state index in [1.165, 1.54) is 12.1 Å². The van der Waals surface area contributed by atoms with E-state index in [0.29, 0.717) is 13.1 Å². The van der Waals surface area contributed by atoms with Crippen molar-refractivity contribution in [2.75, 3.05) is 18.8 Å². The lowest BCUT2D eigenvalue weighted by Crippen LogP contribution is -2.59. The average molecular weight is 241 g/mol. The molecule has 1 aromatic rings. The molecule has 0 aliphatic carbocycles. The summed E-state index contributed by atoms with van der Waals surface area (Å²) in [5, 5.41) is 2.79. The molecule has 0 amide bonds. The summed E-state index contributed by atoms with van der Waals surface area (Å²) in [6.07, 6.45) is 0. The van der Waals surface area contributed by atoms with Gasteiger partial charge in [0.05, 0.1) is 11.0 Å². The fourth-order valence-electron chi connectivity index (χ4n) is 2.86. The molecule has 0 spiro atoms. The number of rotatable bonds is 1. The Hall–Kier alpha value is -0.940. The van der Waals surface area contributed by atoms with Crippen LogP contribution in [0.5, 0.6) is 0 Å². The van der Waals surface area contributed by atoms with Crippen molar-refractivity contribution in [1.29, 1.82) is 0 Å².